The molecule has 4 rings (SSSR count). The summed E-state index contributed by atoms with van der Waals surface area (Å²) in [5, 5.41) is 3.00. The van der Waals surface area contributed by atoms with Crippen LogP contribution in [-0.4, -0.2) is 41.9 Å². The predicted octanol–water partition coefficient (Wildman–Crippen LogP) is 6.13. The van der Waals surface area contributed by atoms with E-state index in [4.69, 9.17) is 4.74 Å². The van der Waals surface area contributed by atoms with Gasteiger partial charge in [-0.2, -0.15) is 0 Å². The maximum atomic E-state index is 12.8. The smallest absolute Gasteiger partial charge is 0.260 e. The normalized spacial score (nSPS) is 14.3. The lowest BCUT2D eigenvalue weighted by Crippen LogP contribution is -2.41. The van der Waals surface area contributed by atoms with Crippen LogP contribution in [0.15, 0.2) is 78.9 Å². The Bertz CT molecular complexity index is 1170. The maximum Gasteiger partial charge on any atom is 0.260 e. The number of ether oxygens (including phenoxy) is 1. The highest BCUT2D eigenvalue weighted by molar-refractivity contribution is 5.94. The molecule has 0 spiro atoms. The molecule has 194 valence electrons. The largest absolute Gasteiger partial charge is 0.483 e. The highest BCUT2D eigenvalue weighted by Crippen LogP contribution is 2.30. The summed E-state index contributed by atoms with van der Waals surface area (Å²) in [7, 11) is 0. The van der Waals surface area contributed by atoms with Crippen molar-refractivity contribution in [1.29, 1.82) is 0 Å². The number of likely N-dealkylation sites (tertiary alicyclic amines) is 1. The third kappa shape index (κ3) is 7.69. The average Bonchev–Trinajstić information content (AvgIpc) is 2.91. The van der Waals surface area contributed by atoms with Crippen LogP contribution in [0, 0.1) is 5.92 Å². The molecule has 37 heavy (non-hydrogen) atoms. The third-order valence-corrected chi connectivity index (χ3v) is 6.84. The van der Waals surface area contributed by atoms with Crippen LogP contribution >= 0.6 is 0 Å². The number of benzene rings is 3. The molecule has 1 heterocycles. The van der Waals surface area contributed by atoms with Gasteiger partial charge in [-0.1, -0.05) is 60.7 Å². The van der Waals surface area contributed by atoms with E-state index < -0.39 is 0 Å². The number of nitrogens with one attached hydrogen (secondary N) is 1. The van der Waals surface area contributed by atoms with Crippen LogP contribution in [-0.2, 0) is 11.2 Å². The fourth-order valence-electron chi connectivity index (χ4n) is 4.76. The van der Waals surface area contributed by atoms with E-state index in [1.807, 2.05) is 92.4 Å². The zero-order chi connectivity index (χ0) is 26.3. The molecular formula is C32H38N2O3. The van der Waals surface area contributed by atoms with E-state index in [1.165, 1.54) is 5.56 Å². The second kappa shape index (κ2) is 12.1. The van der Waals surface area contributed by atoms with Crippen LogP contribution in [0.25, 0.3) is 11.1 Å². The Morgan fingerprint density at radius 2 is 1.54 bits per heavy atom. The van der Waals surface area contributed by atoms with Crippen LogP contribution in [0.1, 0.15) is 56.0 Å². The molecule has 5 heteroatoms. The summed E-state index contributed by atoms with van der Waals surface area (Å²) in [6.07, 6.45) is 4.10. The monoisotopic (exact) mass is 498 g/mol. The van der Waals surface area contributed by atoms with Gasteiger partial charge in [0.15, 0.2) is 6.61 Å². The fraction of sp³-hybridized carbons (Fsp3) is 0.375. The van der Waals surface area contributed by atoms with Crippen molar-refractivity contribution < 1.29 is 14.3 Å². The Balaban J connectivity index is 1.21. The first-order valence-electron chi connectivity index (χ1n) is 13.2. The SMILES string of the molecule is CC(C)(C)NC(=O)c1ccc(CCC2CCN(C(=O)COc3ccccc3-c3ccccc3)CC2)cc1. The first kappa shape index (κ1) is 26.5. The minimum absolute atomic E-state index is 0.0383. The predicted molar refractivity (Wildman–Crippen MR) is 149 cm³/mol. The van der Waals surface area contributed by atoms with Crippen molar-refractivity contribution >= 4 is 11.8 Å². The van der Waals surface area contributed by atoms with Gasteiger partial charge in [0.25, 0.3) is 11.8 Å². The van der Waals surface area contributed by atoms with E-state index >= 15 is 0 Å². The van der Waals surface area contributed by atoms with Gasteiger partial charge in [0.1, 0.15) is 5.75 Å². The Morgan fingerprint density at radius 1 is 0.892 bits per heavy atom. The summed E-state index contributed by atoms with van der Waals surface area (Å²) in [6.45, 7) is 7.56. The first-order valence-corrected chi connectivity index (χ1v) is 13.2. The summed E-state index contributed by atoms with van der Waals surface area (Å²) >= 11 is 0. The molecule has 0 bridgehead atoms. The maximum absolute atomic E-state index is 12.8. The van der Waals surface area contributed by atoms with Gasteiger partial charge in [0.05, 0.1) is 0 Å². The number of hydrogen-bond donors (Lipinski definition) is 1. The molecule has 3 aromatic carbocycles. The summed E-state index contributed by atoms with van der Waals surface area (Å²) < 4.78 is 5.97. The quantitative estimate of drug-likeness (QED) is 0.406. The minimum Gasteiger partial charge on any atom is -0.483 e. The van der Waals surface area contributed by atoms with Crippen molar-refractivity contribution in [3.63, 3.8) is 0 Å². The minimum atomic E-state index is -0.245. The van der Waals surface area contributed by atoms with Gasteiger partial charge >= 0.3 is 0 Å². The highest BCUT2D eigenvalue weighted by Gasteiger charge is 2.23. The molecule has 0 radical (unpaired) electrons. The number of aryl methyl sites for hydroxylation is 1. The second-order valence-electron chi connectivity index (χ2n) is 10.9. The molecule has 1 saturated heterocycles. The lowest BCUT2D eigenvalue weighted by atomic mass is 9.90. The van der Waals surface area contributed by atoms with Crippen molar-refractivity contribution in [1.82, 2.24) is 10.2 Å². The summed E-state index contributed by atoms with van der Waals surface area (Å²) in [5.41, 5.74) is 3.77. The molecule has 1 aliphatic heterocycles. The standard InChI is InChI=1S/C32H38N2O3/c1-32(2,3)33-31(36)27-17-15-24(16-18-27)13-14-25-19-21-34(22-20-25)30(35)23-37-29-12-8-7-11-28(29)26-9-5-4-6-10-26/h4-12,15-18,25H,13-14,19-23H2,1-3H3,(H,33,36). The number of rotatable bonds is 8. The van der Waals surface area contributed by atoms with E-state index in [9.17, 15) is 9.59 Å². The number of piperidine rings is 1. The molecule has 0 aromatic heterocycles. The van der Waals surface area contributed by atoms with Gasteiger partial charge in [-0.05, 0) is 81.7 Å². The topological polar surface area (TPSA) is 58.6 Å². The number of para-hydroxylation sites is 1. The van der Waals surface area contributed by atoms with E-state index in [-0.39, 0.29) is 24.0 Å². The zero-order valence-electron chi connectivity index (χ0n) is 22.2. The lowest BCUT2D eigenvalue weighted by molar-refractivity contribution is -0.134. The molecule has 1 N–H and O–H groups in total. The van der Waals surface area contributed by atoms with Crippen LogP contribution in [0.2, 0.25) is 0 Å². The highest BCUT2D eigenvalue weighted by atomic mass is 16.5. The summed E-state index contributed by atoms with van der Waals surface area (Å²) in [4.78, 5) is 27.1. The Labute approximate surface area is 220 Å². The van der Waals surface area contributed by atoms with E-state index in [1.54, 1.807) is 0 Å². The van der Waals surface area contributed by atoms with E-state index in [0.29, 0.717) is 11.5 Å². The van der Waals surface area contributed by atoms with Crippen molar-refractivity contribution in [2.75, 3.05) is 19.7 Å². The molecule has 0 saturated carbocycles. The Hall–Kier alpha value is -3.60. The average molecular weight is 499 g/mol. The van der Waals surface area contributed by atoms with Crippen molar-refractivity contribution in [2.24, 2.45) is 5.92 Å². The zero-order valence-corrected chi connectivity index (χ0v) is 22.2. The van der Waals surface area contributed by atoms with E-state index in [2.05, 4.69) is 17.4 Å². The van der Waals surface area contributed by atoms with Crippen molar-refractivity contribution in [3.8, 4) is 16.9 Å². The molecular weight excluding hydrogens is 460 g/mol. The van der Waals surface area contributed by atoms with Gasteiger partial charge in [0.2, 0.25) is 0 Å². The molecule has 0 atom stereocenters. The molecule has 0 unspecified atom stereocenters. The van der Waals surface area contributed by atoms with Crippen molar-refractivity contribution in [2.45, 2.75) is 52.0 Å². The number of carbonyl (C=O) groups is 2. The number of nitrogens with zero attached hydrogens (tertiary/aromatic N) is 1. The van der Waals surface area contributed by atoms with Gasteiger partial charge in [-0.15, -0.1) is 0 Å². The van der Waals surface area contributed by atoms with Crippen LogP contribution in [0.3, 0.4) is 0 Å². The van der Waals surface area contributed by atoms with E-state index in [0.717, 1.165) is 55.6 Å². The molecule has 1 aliphatic rings. The number of amides is 2. The Morgan fingerprint density at radius 3 is 2.22 bits per heavy atom. The Kier molecular flexibility index (Phi) is 8.65. The van der Waals surface area contributed by atoms with Crippen LogP contribution in [0.5, 0.6) is 5.75 Å². The molecule has 3 aromatic rings. The summed E-state index contributed by atoms with van der Waals surface area (Å²) in [6, 6.07) is 25.9. The van der Waals surface area contributed by atoms with Gasteiger partial charge in [-0.25, -0.2) is 0 Å². The third-order valence-electron chi connectivity index (χ3n) is 6.84. The molecule has 1 fully saturated rings. The van der Waals surface area contributed by atoms with Gasteiger partial charge in [0, 0.05) is 29.8 Å². The lowest BCUT2D eigenvalue weighted by Gasteiger charge is -2.32. The number of carbonyl (C=O) groups excluding carboxylic acids is 2. The van der Waals surface area contributed by atoms with Crippen molar-refractivity contribution in [3.05, 3.63) is 90.0 Å². The van der Waals surface area contributed by atoms with Gasteiger partial charge < -0.3 is 15.0 Å². The fourth-order valence-corrected chi connectivity index (χ4v) is 4.76. The first-order chi connectivity index (χ1) is 17.8. The second-order valence-corrected chi connectivity index (χ2v) is 10.9. The van der Waals surface area contributed by atoms with Gasteiger partial charge in [-0.3, -0.25) is 9.59 Å². The number of hydrogen-bond acceptors (Lipinski definition) is 3. The molecule has 2 amide bonds. The molecule has 5 nitrogen and oxygen atoms in total. The van der Waals surface area contributed by atoms with Crippen LogP contribution < -0.4 is 10.1 Å². The summed E-state index contributed by atoms with van der Waals surface area (Å²) in [5.74, 6) is 1.35. The van der Waals surface area contributed by atoms with Crippen LogP contribution in [0.4, 0.5) is 0 Å². The molecule has 0 aliphatic carbocycles.